The molecule has 19 heavy (non-hydrogen) atoms. The van der Waals surface area contributed by atoms with Crippen LogP contribution in [0.2, 0.25) is 0 Å². The average molecular weight is 263 g/mol. The lowest BCUT2D eigenvalue weighted by Crippen LogP contribution is -2.45. The second-order valence-electron chi connectivity index (χ2n) is 5.48. The molecule has 5 nitrogen and oxygen atoms in total. The number of hydrogen-bond acceptors (Lipinski definition) is 4. The fourth-order valence-electron chi connectivity index (χ4n) is 2.61. The molecule has 1 aromatic rings. The first-order valence-corrected chi connectivity index (χ1v) is 6.55. The minimum atomic E-state index is -0.607. The van der Waals surface area contributed by atoms with Gasteiger partial charge in [0.1, 0.15) is 0 Å². The SMILES string of the molecule is CC1(O)CCCN(Cc2cccc(C(=O)NN)c2)C1. The Bertz CT molecular complexity index is 460. The van der Waals surface area contributed by atoms with Crippen LogP contribution in [0.25, 0.3) is 0 Å². The Labute approximate surface area is 113 Å². The zero-order valence-corrected chi connectivity index (χ0v) is 11.2. The number of hydrogen-bond donors (Lipinski definition) is 3. The van der Waals surface area contributed by atoms with Crippen molar-refractivity contribution in [3.63, 3.8) is 0 Å². The molecule has 0 radical (unpaired) electrons. The van der Waals surface area contributed by atoms with Gasteiger partial charge in [0, 0.05) is 18.7 Å². The molecule has 4 N–H and O–H groups in total. The van der Waals surface area contributed by atoms with Crippen LogP contribution in [0.3, 0.4) is 0 Å². The third-order valence-electron chi connectivity index (χ3n) is 3.48. The Morgan fingerprint density at radius 3 is 3.05 bits per heavy atom. The number of hydrazine groups is 1. The van der Waals surface area contributed by atoms with Crippen molar-refractivity contribution in [3.8, 4) is 0 Å². The highest BCUT2D eigenvalue weighted by Gasteiger charge is 2.28. The van der Waals surface area contributed by atoms with Crippen molar-refractivity contribution in [2.75, 3.05) is 13.1 Å². The molecule has 1 fully saturated rings. The highest BCUT2D eigenvalue weighted by atomic mass is 16.3. The summed E-state index contributed by atoms with van der Waals surface area (Å²) in [6, 6.07) is 7.40. The van der Waals surface area contributed by atoms with Crippen LogP contribution < -0.4 is 11.3 Å². The minimum absolute atomic E-state index is 0.285. The van der Waals surface area contributed by atoms with Crippen molar-refractivity contribution in [2.45, 2.75) is 31.9 Å². The number of carbonyl (C=O) groups is 1. The van der Waals surface area contributed by atoms with Crippen LogP contribution in [-0.4, -0.2) is 34.6 Å². The van der Waals surface area contributed by atoms with Gasteiger partial charge in [0.05, 0.1) is 5.60 Å². The van der Waals surface area contributed by atoms with Crippen molar-refractivity contribution >= 4 is 5.91 Å². The van der Waals surface area contributed by atoms with E-state index in [9.17, 15) is 9.90 Å². The molecule has 0 aliphatic carbocycles. The topological polar surface area (TPSA) is 78.6 Å². The molecule has 1 aliphatic rings. The smallest absolute Gasteiger partial charge is 0.265 e. The number of nitrogen functional groups attached to an aromatic ring is 1. The number of nitrogens with two attached hydrogens (primary N) is 1. The van der Waals surface area contributed by atoms with Crippen molar-refractivity contribution in [2.24, 2.45) is 5.84 Å². The molecule has 1 heterocycles. The maximum atomic E-state index is 11.5. The van der Waals surface area contributed by atoms with Gasteiger partial charge in [0.15, 0.2) is 0 Å². The standard InChI is InChI=1S/C14H21N3O2/c1-14(19)6-3-7-17(10-14)9-11-4-2-5-12(8-11)13(18)16-15/h2,4-5,8,19H,3,6-7,9-10,15H2,1H3,(H,16,18). The van der Waals surface area contributed by atoms with E-state index in [0.29, 0.717) is 12.1 Å². The zero-order chi connectivity index (χ0) is 13.9. The van der Waals surface area contributed by atoms with Crippen LogP contribution in [0.4, 0.5) is 0 Å². The Balaban J connectivity index is 2.05. The van der Waals surface area contributed by atoms with Crippen LogP contribution in [0, 0.1) is 0 Å². The molecule has 0 aromatic heterocycles. The first-order valence-electron chi connectivity index (χ1n) is 6.55. The van der Waals surface area contributed by atoms with Crippen molar-refractivity contribution < 1.29 is 9.90 Å². The lowest BCUT2D eigenvalue weighted by Gasteiger charge is -2.36. The summed E-state index contributed by atoms with van der Waals surface area (Å²) in [5.74, 6) is 4.85. The van der Waals surface area contributed by atoms with Crippen molar-refractivity contribution in [1.82, 2.24) is 10.3 Å². The van der Waals surface area contributed by atoms with Gasteiger partial charge in [-0.1, -0.05) is 12.1 Å². The third-order valence-corrected chi connectivity index (χ3v) is 3.48. The number of amides is 1. The van der Waals surface area contributed by atoms with Gasteiger partial charge in [-0.2, -0.15) is 0 Å². The number of piperidine rings is 1. The summed E-state index contributed by atoms with van der Waals surface area (Å²) in [7, 11) is 0. The van der Waals surface area contributed by atoms with Crippen LogP contribution in [-0.2, 0) is 6.54 Å². The van der Waals surface area contributed by atoms with Gasteiger partial charge in [-0.05, 0) is 44.0 Å². The molecule has 2 rings (SSSR count). The Morgan fingerprint density at radius 1 is 1.58 bits per heavy atom. The van der Waals surface area contributed by atoms with Gasteiger partial charge >= 0.3 is 0 Å². The van der Waals surface area contributed by atoms with Gasteiger partial charge in [0.25, 0.3) is 5.91 Å². The summed E-state index contributed by atoms with van der Waals surface area (Å²) in [6.45, 7) is 4.25. The molecule has 1 aliphatic heterocycles. The van der Waals surface area contributed by atoms with Crippen LogP contribution in [0.5, 0.6) is 0 Å². The lowest BCUT2D eigenvalue weighted by molar-refractivity contribution is -0.0181. The first-order chi connectivity index (χ1) is 9.00. The quantitative estimate of drug-likeness (QED) is 0.425. The first kappa shape index (κ1) is 14.0. The highest BCUT2D eigenvalue weighted by molar-refractivity contribution is 5.93. The van der Waals surface area contributed by atoms with Gasteiger partial charge in [-0.3, -0.25) is 15.1 Å². The Kier molecular flexibility index (Phi) is 4.19. The molecule has 0 saturated carbocycles. The van der Waals surface area contributed by atoms with Crippen LogP contribution in [0.15, 0.2) is 24.3 Å². The third kappa shape index (κ3) is 3.76. The Hall–Kier alpha value is -1.43. The maximum Gasteiger partial charge on any atom is 0.265 e. The number of β-amino-alcohol motifs (C(OH)–C–C–N with tert-alkyl or cyclic N) is 1. The maximum absolute atomic E-state index is 11.5. The molecule has 1 amide bonds. The van der Waals surface area contributed by atoms with E-state index in [1.807, 2.05) is 25.1 Å². The van der Waals surface area contributed by atoms with E-state index >= 15 is 0 Å². The van der Waals surface area contributed by atoms with Crippen molar-refractivity contribution in [3.05, 3.63) is 35.4 Å². The number of aliphatic hydroxyl groups is 1. The van der Waals surface area contributed by atoms with Crippen molar-refractivity contribution in [1.29, 1.82) is 0 Å². The van der Waals surface area contributed by atoms with Gasteiger partial charge in [0.2, 0.25) is 0 Å². The summed E-state index contributed by atoms with van der Waals surface area (Å²) in [5, 5.41) is 10.1. The summed E-state index contributed by atoms with van der Waals surface area (Å²) in [6.07, 6.45) is 1.84. The molecule has 1 saturated heterocycles. The molecule has 0 spiro atoms. The van der Waals surface area contributed by atoms with Gasteiger partial charge in [-0.25, -0.2) is 5.84 Å². The monoisotopic (exact) mass is 263 g/mol. The normalized spacial score (nSPS) is 24.2. The van der Waals surface area contributed by atoms with Crippen LogP contribution >= 0.6 is 0 Å². The minimum Gasteiger partial charge on any atom is -0.389 e. The zero-order valence-electron chi connectivity index (χ0n) is 11.2. The lowest BCUT2D eigenvalue weighted by atomic mass is 9.95. The molecule has 1 aromatic carbocycles. The average Bonchev–Trinajstić information content (AvgIpc) is 2.37. The van der Waals surface area contributed by atoms with E-state index in [-0.39, 0.29) is 5.91 Å². The summed E-state index contributed by atoms with van der Waals surface area (Å²) in [5.41, 5.74) is 3.14. The molecular formula is C14H21N3O2. The fourth-order valence-corrected chi connectivity index (χ4v) is 2.61. The summed E-state index contributed by atoms with van der Waals surface area (Å²) in [4.78, 5) is 13.7. The molecule has 0 bridgehead atoms. The second-order valence-corrected chi connectivity index (χ2v) is 5.48. The molecule has 1 unspecified atom stereocenters. The summed E-state index contributed by atoms with van der Waals surface area (Å²) >= 11 is 0. The number of rotatable bonds is 3. The molecule has 5 heteroatoms. The second kappa shape index (κ2) is 5.69. The van der Waals surface area contributed by atoms with E-state index in [1.54, 1.807) is 6.07 Å². The Morgan fingerprint density at radius 2 is 2.37 bits per heavy atom. The largest absolute Gasteiger partial charge is 0.389 e. The summed E-state index contributed by atoms with van der Waals surface area (Å²) < 4.78 is 0. The number of benzene rings is 1. The molecule has 1 atom stereocenters. The van der Waals surface area contributed by atoms with E-state index in [1.165, 1.54) is 0 Å². The molecule has 104 valence electrons. The highest BCUT2D eigenvalue weighted by Crippen LogP contribution is 2.22. The van der Waals surface area contributed by atoms with E-state index < -0.39 is 5.60 Å². The molecular weight excluding hydrogens is 242 g/mol. The number of likely N-dealkylation sites (tertiary alicyclic amines) is 1. The predicted octanol–water partition coefficient (Wildman–Crippen LogP) is 0.637. The van der Waals surface area contributed by atoms with Gasteiger partial charge in [-0.15, -0.1) is 0 Å². The van der Waals surface area contributed by atoms with E-state index in [2.05, 4.69) is 10.3 Å². The van der Waals surface area contributed by atoms with Gasteiger partial charge < -0.3 is 5.11 Å². The van der Waals surface area contributed by atoms with Crippen LogP contribution in [0.1, 0.15) is 35.7 Å². The number of nitrogens with one attached hydrogen (secondary N) is 1. The predicted molar refractivity (Wildman–Crippen MR) is 73.2 cm³/mol. The fraction of sp³-hybridized carbons (Fsp3) is 0.500. The van der Waals surface area contributed by atoms with E-state index in [0.717, 1.165) is 31.5 Å². The number of carbonyl (C=O) groups excluding carboxylic acids is 1. The number of nitrogens with zero attached hydrogens (tertiary/aromatic N) is 1. The van der Waals surface area contributed by atoms with E-state index in [4.69, 9.17) is 5.84 Å².